The van der Waals surface area contributed by atoms with Gasteiger partial charge in [-0.15, -0.1) is 5.10 Å². The van der Waals surface area contributed by atoms with Crippen LogP contribution in [0.2, 0.25) is 0 Å². The minimum Gasteiger partial charge on any atom is -0.343 e. The lowest BCUT2D eigenvalue weighted by Crippen LogP contribution is -2.22. The summed E-state index contributed by atoms with van der Waals surface area (Å²) in [6.45, 7) is 3.61. The Labute approximate surface area is 94.9 Å². The van der Waals surface area contributed by atoms with Crippen molar-refractivity contribution in [1.82, 2.24) is 14.6 Å². The molecule has 0 aliphatic heterocycles. The summed E-state index contributed by atoms with van der Waals surface area (Å²) in [5.41, 5.74) is 7.53. The predicted octanol–water partition coefficient (Wildman–Crippen LogP) is 0.823. The van der Waals surface area contributed by atoms with Crippen molar-refractivity contribution in [2.45, 2.75) is 13.3 Å². The number of aryl methyl sites for hydroxylation is 1. The van der Waals surface area contributed by atoms with Gasteiger partial charge in [0.15, 0.2) is 5.65 Å². The number of pyridine rings is 1. The lowest BCUT2D eigenvalue weighted by atomic mass is 10.3. The van der Waals surface area contributed by atoms with Gasteiger partial charge in [0.05, 0.1) is 0 Å². The molecule has 0 amide bonds. The van der Waals surface area contributed by atoms with Crippen LogP contribution in [0.5, 0.6) is 0 Å². The molecule has 5 nitrogen and oxygen atoms in total. The van der Waals surface area contributed by atoms with E-state index < -0.39 is 0 Å². The van der Waals surface area contributed by atoms with E-state index in [1.807, 2.05) is 41.7 Å². The van der Waals surface area contributed by atoms with Crippen molar-refractivity contribution < 1.29 is 0 Å². The fourth-order valence-electron chi connectivity index (χ4n) is 1.56. The summed E-state index contributed by atoms with van der Waals surface area (Å²) < 4.78 is 1.81. The van der Waals surface area contributed by atoms with Crippen molar-refractivity contribution in [3.63, 3.8) is 0 Å². The maximum Gasteiger partial charge on any atom is 0.245 e. The van der Waals surface area contributed by atoms with Crippen LogP contribution < -0.4 is 10.6 Å². The summed E-state index contributed by atoms with van der Waals surface area (Å²) in [5.74, 6) is 0.749. The quantitative estimate of drug-likeness (QED) is 0.827. The molecule has 16 heavy (non-hydrogen) atoms. The third-order valence-electron chi connectivity index (χ3n) is 2.51. The Kier molecular flexibility index (Phi) is 3.05. The number of rotatable bonds is 4. The average molecular weight is 219 g/mol. The van der Waals surface area contributed by atoms with E-state index in [0.717, 1.165) is 24.6 Å². The molecule has 0 unspecified atom stereocenters. The van der Waals surface area contributed by atoms with Crippen LogP contribution in [0.1, 0.15) is 12.0 Å². The first-order valence-electron chi connectivity index (χ1n) is 5.45. The smallest absolute Gasteiger partial charge is 0.245 e. The Bertz CT molecular complexity index is 476. The molecular formula is C11H17N5. The second-order valence-corrected chi connectivity index (χ2v) is 3.98. The van der Waals surface area contributed by atoms with Gasteiger partial charge >= 0.3 is 0 Å². The Balaban J connectivity index is 2.25. The zero-order chi connectivity index (χ0) is 11.5. The van der Waals surface area contributed by atoms with Crippen molar-refractivity contribution in [2.75, 3.05) is 25.0 Å². The molecule has 0 bridgehead atoms. The highest BCUT2D eigenvalue weighted by atomic mass is 15.4. The number of hydrogen-bond donors (Lipinski definition) is 1. The van der Waals surface area contributed by atoms with Crippen molar-refractivity contribution >= 4 is 11.6 Å². The molecule has 0 radical (unpaired) electrons. The summed E-state index contributed by atoms with van der Waals surface area (Å²) in [6.07, 6.45) is 2.92. The van der Waals surface area contributed by atoms with Gasteiger partial charge in [-0.05, 0) is 31.5 Å². The Hall–Kier alpha value is -1.62. The van der Waals surface area contributed by atoms with Gasteiger partial charge in [0.1, 0.15) is 0 Å². The molecule has 2 aromatic rings. The highest BCUT2D eigenvalue weighted by molar-refractivity contribution is 5.44. The summed E-state index contributed by atoms with van der Waals surface area (Å²) in [7, 11) is 1.98. The molecule has 0 aromatic carbocycles. The van der Waals surface area contributed by atoms with E-state index in [1.165, 1.54) is 5.56 Å². The van der Waals surface area contributed by atoms with Crippen LogP contribution in [0.15, 0.2) is 18.3 Å². The van der Waals surface area contributed by atoms with E-state index >= 15 is 0 Å². The van der Waals surface area contributed by atoms with Crippen molar-refractivity contribution in [3.05, 3.63) is 23.9 Å². The average Bonchev–Trinajstić information content (AvgIpc) is 2.68. The summed E-state index contributed by atoms with van der Waals surface area (Å²) in [6, 6.07) is 4.01. The number of fused-ring (bicyclic) bond motifs is 1. The number of hydrogen-bond acceptors (Lipinski definition) is 4. The Morgan fingerprint density at radius 3 is 3.00 bits per heavy atom. The lowest BCUT2D eigenvalue weighted by molar-refractivity contribution is 0.772. The van der Waals surface area contributed by atoms with E-state index in [0.29, 0.717) is 6.54 Å². The monoisotopic (exact) mass is 219 g/mol. The maximum absolute atomic E-state index is 5.48. The minimum atomic E-state index is 0.691. The van der Waals surface area contributed by atoms with Crippen molar-refractivity contribution in [2.24, 2.45) is 5.73 Å². The molecule has 2 aromatic heterocycles. The maximum atomic E-state index is 5.48. The topological polar surface area (TPSA) is 59.5 Å². The molecule has 0 atom stereocenters. The highest BCUT2D eigenvalue weighted by Gasteiger charge is 2.07. The summed E-state index contributed by atoms with van der Waals surface area (Å²) in [5, 5.41) is 4.42. The molecule has 86 valence electrons. The normalized spacial score (nSPS) is 10.9. The number of aromatic nitrogens is 3. The third-order valence-corrected chi connectivity index (χ3v) is 2.51. The van der Waals surface area contributed by atoms with E-state index in [9.17, 15) is 0 Å². The van der Waals surface area contributed by atoms with Crippen LogP contribution >= 0.6 is 0 Å². The summed E-state index contributed by atoms with van der Waals surface area (Å²) in [4.78, 5) is 6.47. The van der Waals surface area contributed by atoms with Crippen LogP contribution in [0.25, 0.3) is 5.65 Å². The van der Waals surface area contributed by atoms with E-state index in [4.69, 9.17) is 5.73 Å². The van der Waals surface area contributed by atoms with Crippen LogP contribution in [0, 0.1) is 6.92 Å². The lowest BCUT2D eigenvalue weighted by Gasteiger charge is -2.12. The molecule has 2 rings (SSSR count). The molecular weight excluding hydrogens is 202 g/mol. The third kappa shape index (κ3) is 2.14. The molecule has 2 heterocycles. The van der Waals surface area contributed by atoms with Crippen LogP contribution in [0.4, 0.5) is 5.95 Å². The van der Waals surface area contributed by atoms with E-state index in [-0.39, 0.29) is 0 Å². The van der Waals surface area contributed by atoms with Gasteiger partial charge in [-0.3, -0.25) is 0 Å². The first kappa shape index (κ1) is 10.9. The van der Waals surface area contributed by atoms with Crippen LogP contribution in [0.3, 0.4) is 0 Å². The van der Waals surface area contributed by atoms with Gasteiger partial charge in [-0.1, -0.05) is 6.07 Å². The van der Waals surface area contributed by atoms with Gasteiger partial charge in [0.2, 0.25) is 5.95 Å². The zero-order valence-electron chi connectivity index (χ0n) is 9.72. The van der Waals surface area contributed by atoms with Crippen LogP contribution in [-0.2, 0) is 0 Å². The molecule has 0 spiro atoms. The molecule has 0 aliphatic carbocycles. The van der Waals surface area contributed by atoms with Gasteiger partial charge < -0.3 is 10.6 Å². The molecule has 0 aliphatic rings. The molecule has 2 N–H and O–H groups in total. The predicted molar refractivity (Wildman–Crippen MR) is 64.7 cm³/mol. The van der Waals surface area contributed by atoms with Gasteiger partial charge in [0, 0.05) is 19.8 Å². The van der Waals surface area contributed by atoms with Gasteiger partial charge in [-0.2, -0.15) is 4.98 Å². The number of anilines is 1. The van der Waals surface area contributed by atoms with Gasteiger partial charge in [0.25, 0.3) is 0 Å². The molecule has 0 saturated heterocycles. The zero-order valence-corrected chi connectivity index (χ0v) is 9.72. The highest BCUT2D eigenvalue weighted by Crippen LogP contribution is 2.10. The molecule has 0 fully saturated rings. The fourth-order valence-corrected chi connectivity index (χ4v) is 1.56. The minimum absolute atomic E-state index is 0.691. The fraction of sp³-hybridized carbons (Fsp3) is 0.455. The van der Waals surface area contributed by atoms with Crippen molar-refractivity contribution in [1.29, 1.82) is 0 Å². The van der Waals surface area contributed by atoms with Crippen molar-refractivity contribution in [3.8, 4) is 0 Å². The Morgan fingerprint density at radius 2 is 2.25 bits per heavy atom. The SMILES string of the molecule is Cc1ccc2nc(N(C)CCCN)nn2c1. The molecule has 0 saturated carbocycles. The summed E-state index contributed by atoms with van der Waals surface area (Å²) >= 11 is 0. The Morgan fingerprint density at radius 1 is 1.44 bits per heavy atom. The second-order valence-electron chi connectivity index (χ2n) is 3.98. The van der Waals surface area contributed by atoms with E-state index in [2.05, 4.69) is 10.1 Å². The first-order valence-corrected chi connectivity index (χ1v) is 5.45. The molecule has 5 heteroatoms. The first-order chi connectivity index (χ1) is 7.70. The number of nitrogens with two attached hydrogens (primary N) is 1. The van der Waals surface area contributed by atoms with E-state index in [1.54, 1.807) is 0 Å². The largest absolute Gasteiger partial charge is 0.343 e. The standard InChI is InChI=1S/C11H17N5/c1-9-4-5-10-13-11(14-16(10)8-9)15(2)7-3-6-12/h4-5,8H,3,6-7,12H2,1-2H3. The second kappa shape index (κ2) is 4.49. The van der Waals surface area contributed by atoms with Gasteiger partial charge in [-0.25, -0.2) is 4.52 Å². The number of nitrogens with zero attached hydrogens (tertiary/aromatic N) is 4. The van der Waals surface area contributed by atoms with Crippen LogP contribution in [-0.4, -0.2) is 34.7 Å².